The van der Waals surface area contributed by atoms with Crippen LogP contribution < -0.4 is 10.3 Å². The molecule has 0 fully saturated rings. The van der Waals surface area contributed by atoms with Gasteiger partial charge in [-0.2, -0.15) is 0 Å². The number of esters is 1. The lowest BCUT2D eigenvalue weighted by molar-refractivity contribution is -0.924. The summed E-state index contributed by atoms with van der Waals surface area (Å²) in [6, 6.07) is 4.65. The number of carbonyl (C=O) groups excluding carboxylic acids is 1. The fourth-order valence-corrected chi connectivity index (χ4v) is 5.39. The SMILES string of the molecule is CC[C@@]1(O)C(=O)OCc2c1cc1n(c2=O)Cc2cc3c(C[N+](C)(C)C(C)C)c(OCOP(=O)(O)O)c(F)cc3nc2-1. The van der Waals surface area contributed by atoms with Crippen molar-refractivity contribution in [2.75, 3.05) is 20.9 Å². The summed E-state index contributed by atoms with van der Waals surface area (Å²) in [5.41, 5.74) is 0.142. The van der Waals surface area contributed by atoms with Gasteiger partial charge in [-0.1, -0.05) is 6.92 Å². The second kappa shape index (κ2) is 9.97. The third-order valence-electron chi connectivity index (χ3n) is 8.21. The van der Waals surface area contributed by atoms with E-state index in [1.54, 1.807) is 19.1 Å². The number of benzene rings is 1. The number of phosphoric ester groups is 1. The van der Waals surface area contributed by atoms with Gasteiger partial charge in [0.1, 0.15) is 13.2 Å². The van der Waals surface area contributed by atoms with Crippen molar-refractivity contribution in [3.8, 4) is 17.1 Å². The van der Waals surface area contributed by atoms with Crippen LogP contribution in [0.2, 0.25) is 0 Å². The van der Waals surface area contributed by atoms with Gasteiger partial charge >= 0.3 is 13.8 Å². The molecule has 14 heteroatoms. The maximum atomic E-state index is 15.5. The standard InChI is InChI=1S/C27H31FN3O9P/c1-6-27(34)19-8-22-23-15(10-30(22)25(32)18(19)12-38-26(27)33)7-16-17(11-31(4,5)14(2)3)24(20(28)9-21(16)29-23)39-13-40-41(35,36)37/h7-9,14,34H,6,10-13H2,1-5H3,(H-,35,36,37)/p+1/t27-/m0/s1. The van der Waals surface area contributed by atoms with E-state index in [9.17, 15) is 19.3 Å². The highest BCUT2D eigenvalue weighted by atomic mass is 31.2. The van der Waals surface area contributed by atoms with Crippen LogP contribution in [-0.4, -0.2) is 61.8 Å². The molecule has 3 N–H and O–H groups in total. The number of pyridine rings is 2. The Labute approximate surface area is 234 Å². The van der Waals surface area contributed by atoms with Crippen molar-refractivity contribution >= 4 is 24.7 Å². The lowest BCUT2D eigenvalue weighted by Crippen LogP contribution is -2.45. The number of nitrogens with zero attached hydrogens (tertiary/aromatic N) is 3. The van der Waals surface area contributed by atoms with Gasteiger partial charge in [0.15, 0.2) is 17.2 Å². The molecule has 0 unspecified atom stereocenters. The van der Waals surface area contributed by atoms with Crippen LogP contribution in [0.5, 0.6) is 5.75 Å². The first-order chi connectivity index (χ1) is 19.1. The van der Waals surface area contributed by atoms with Crippen molar-refractivity contribution in [2.45, 2.75) is 58.5 Å². The minimum Gasteiger partial charge on any atom is -0.463 e. The Morgan fingerprint density at radius 2 is 1.95 bits per heavy atom. The molecular weight excluding hydrogens is 560 g/mol. The van der Waals surface area contributed by atoms with Gasteiger partial charge in [-0.05, 0) is 32.4 Å². The van der Waals surface area contributed by atoms with Crippen molar-refractivity contribution < 1.29 is 47.1 Å². The van der Waals surface area contributed by atoms with Crippen LogP contribution in [0.15, 0.2) is 23.0 Å². The van der Waals surface area contributed by atoms with Crippen LogP contribution in [-0.2, 0) is 43.9 Å². The summed E-state index contributed by atoms with van der Waals surface area (Å²) in [5, 5.41) is 11.6. The molecule has 220 valence electrons. The summed E-state index contributed by atoms with van der Waals surface area (Å²) in [7, 11) is -0.946. The molecule has 1 aromatic carbocycles. The van der Waals surface area contributed by atoms with Crippen LogP contribution in [0, 0.1) is 5.82 Å². The number of phosphoric acid groups is 1. The van der Waals surface area contributed by atoms with Gasteiger partial charge in [-0.3, -0.25) is 4.79 Å². The van der Waals surface area contributed by atoms with E-state index in [1.807, 2.05) is 27.9 Å². The van der Waals surface area contributed by atoms with Gasteiger partial charge in [0.2, 0.25) is 6.79 Å². The predicted octanol–water partition coefficient (Wildman–Crippen LogP) is 2.65. The molecule has 0 bridgehead atoms. The molecule has 41 heavy (non-hydrogen) atoms. The molecule has 2 aliphatic heterocycles. The number of hydrogen-bond donors (Lipinski definition) is 3. The molecule has 0 saturated heterocycles. The monoisotopic (exact) mass is 592 g/mol. The summed E-state index contributed by atoms with van der Waals surface area (Å²) >= 11 is 0. The Kier molecular flexibility index (Phi) is 7.13. The highest BCUT2D eigenvalue weighted by Gasteiger charge is 2.45. The Morgan fingerprint density at radius 1 is 1.24 bits per heavy atom. The summed E-state index contributed by atoms with van der Waals surface area (Å²) in [6.07, 6.45) is 0.00665. The number of halogens is 1. The van der Waals surface area contributed by atoms with Crippen LogP contribution in [0.1, 0.15) is 49.4 Å². The number of carbonyl (C=O) groups is 1. The third kappa shape index (κ3) is 4.96. The van der Waals surface area contributed by atoms with E-state index in [1.165, 1.54) is 4.57 Å². The number of quaternary nitrogens is 1. The molecule has 2 aromatic heterocycles. The zero-order chi connectivity index (χ0) is 30.1. The zero-order valence-electron chi connectivity index (χ0n) is 23.3. The Bertz CT molecular complexity index is 1700. The predicted molar refractivity (Wildman–Crippen MR) is 144 cm³/mol. The van der Waals surface area contributed by atoms with E-state index in [0.29, 0.717) is 32.4 Å². The van der Waals surface area contributed by atoms with Crippen molar-refractivity contribution in [3.05, 3.63) is 56.6 Å². The number of hydrogen-bond acceptors (Lipinski definition) is 8. The quantitative estimate of drug-likeness (QED) is 0.120. The first-order valence-corrected chi connectivity index (χ1v) is 14.6. The molecule has 12 nitrogen and oxygen atoms in total. The molecule has 4 heterocycles. The zero-order valence-corrected chi connectivity index (χ0v) is 24.2. The maximum absolute atomic E-state index is 15.5. The second-order valence-corrected chi connectivity index (χ2v) is 12.5. The van der Waals surface area contributed by atoms with Crippen molar-refractivity contribution in [2.24, 2.45) is 0 Å². The molecule has 0 radical (unpaired) electrons. The van der Waals surface area contributed by atoms with E-state index < -0.39 is 37.6 Å². The second-order valence-electron chi connectivity index (χ2n) is 11.2. The Morgan fingerprint density at radius 3 is 2.59 bits per heavy atom. The molecule has 3 aromatic rings. The van der Waals surface area contributed by atoms with Gasteiger partial charge in [0.05, 0.1) is 54.7 Å². The van der Waals surface area contributed by atoms with Crippen molar-refractivity contribution in [1.29, 1.82) is 0 Å². The number of fused-ring (bicyclic) bond motifs is 5. The summed E-state index contributed by atoms with van der Waals surface area (Å²) in [6.45, 7) is 4.93. The molecule has 1 atom stereocenters. The molecular formula is C27H32FN3O9P+. The normalized spacial score (nSPS) is 18.3. The minimum absolute atomic E-state index is 0.00665. The first-order valence-electron chi connectivity index (χ1n) is 13.0. The van der Waals surface area contributed by atoms with Crippen molar-refractivity contribution in [1.82, 2.24) is 9.55 Å². The maximum Gasteiger partial charge on any atom is 0.472 e. The fraction of sp³-hybridized carbons (Fsp3) is 0.444. The summed E-state index contributed by atoms with van der Waals surface area (Å²) < 4.78 is 43.6. The van der Waals surface area contributed by atoms with Crippen molar-refractivity contribution in [3.63, 3.8) is 0 Å². The van der Waals surface area contributed by atoms with Gasteiger partial charge in [-0.15, -0.1) is 0 Å². The number of cyclic esters (lactones) is 1. The third-order valence-corrected chi connectivity index (χ3v) is 8.65. The number of aliphatic hydroxyl groups is 1. The van der Waals surface area contributed by atoms with Gasteiger partial charge < -0.3 is 33.4 Å². The number of ether oxygens (including phenoxy) is 2. The minimum atomic E-state index is -4.86. The molecule has 0 amide bonds. The highest BCUT2D eigenvalue weighted by Crippen LogP contribution is 2.41. The van der Waals surface area contributed by atoms with Crippen LogP contribution >= 0.6 is 7.82 Å². The average Bonchev–Trinajstić information content (AvgIpc) is 3.24. The lowest BCUT2D eigenvalue weighted by atomic mass is 9.86. The lowest BCUT2D eigenvalue weighted by Gasteiger charge is -2.35. The Hall–Kier alpha value is -3.19. The molecule has 0 aliphatic carbocycles. The van der Waals surface area contributed by atoms with Crippen LogP contribution in [0.4, 0.5) is 4.39 Å². The molecule has 5 rings (SSSR count). The van der Waals surface area contributed by atoms with E-state index in [0.717, 1.165) is 6.07 Å². The number of aromatic nitrogens is 2. The average molecular weight is 593 g/mol. The molecule has 0 spiro atoms. The number of rotatable bonds is 8. The van der Waals surface area contributed by atoms with Crippen LogP contribution in [0.25, 0.3) is 22.3 Å². The topological polar surface area (TPSA) is 157 Å². The highest BCUT2D eigenvalue weighted by molar-refractivity contribution is 7.46. The van der Waals surface area contributed by atoms with Gasteiger partial charge in [0, 0.05) is 22.6 Å². The van der Waals surface area contributed by atoms with Gasteiger partial charge in [0.25, 0.3) is 5.56 Å². The first kappa shape index (κ1) is 29.3. The van der Waals surface area contributed by atoms with Crippen LogP contribution in [0.3, 0.4) is 0 Å². The smallest absolute Gasteiger partial charge is 0.463 e. The Balaban J connectivity index is 1.69. The molecule has 2 aliphatic rings. The van der Waals surface area contributed by atoms with E-state index in [-0.39, 0.29) is 54.6 Å². The van der Waals surface area contributed by atoms with Gasteiger partial charge in [-0.25, -0.2) is 23.3 Å². The molecule has 0 saturated carbocycles. The van der Waals surface area contributed by atoms with E-state index in [2.05, 4.69) is 4.52 Å². The largest absolute Gasteiger partial charge is 0.472 e. The summed E-state index contributed by atoms with van der Waals surface area (Å²) in [5.74, 6) is -1.84. The van der Waals surface area contributed by atoms with E-state index in [4.69, 9.17) is 24.2 Å². The summed E-state index contributed by atoms with van der Waals surface area (Å²) in [4.78, 5) is 48.8. The fourth-order valence-electron chi connectivity index (χ4n) is 5.20. The van der Waals surface area contributed by atoms with E-state index >= 15 is 4.39 Å².